The number of carbonyl (C=O) groups excluding carboxylic acids is 6. The summed E-state index contributed by atoms with van der Waals surface area (Å²) in [7, 11) is 0. The Morgan fingerprint density at radius 1 is 0.939 bits per heavy atom. The number of aliphatic hydroxyl groups is 1. The predicted molar refractivity (Wildman–Crippen MR) is 240 cm³/mol. The lowest BCUT2D eigenvalue weighted by Crippen LogP contribution is -2.51. The van der Waals surface area contributed by atoms with E-state index < -0.39 is 53.7 Å². The van der Waals surface area contributed by atoms with Crippen molar-refractivity contribution in [3.63, 3.8) is 0 Å². The van der Waals surface area contributed by atoms with Gasteiger partial charge in [-0.1, -0.05) is 39.8 Å². The number of aromatic nitrogens is 2. The van der Waals surface area contributed by atoms with Crippen LogP contribution in [0.15, 0.2) is 53.3 Å². The Balaban J connectivity index is 0.918. The summed E-state index contributed by atoms with van der Waals surface area (Å²) in [5.41, 5.74) is 13.9. The fraction of sp³-hybridized carbons (Fsp3) is 0.435. The number of anilines is 1. The van der Waals surface area contributed by atoms with E-state index in [9.17, 15) is 38.7 Å². The highest BCUT2D eigenvalue weighted by Gasteiger charge is 2.45. The lowest BCUT2D eigenvalue weighted by Gasteiger charge is -2.33. The average Bonchev–Trinajstić information content (AvgIpc) is 3.68. The molecule has 0 unspecified atom stereocenters. The van der Waals surface area contributed by atoms with Gasteiger partial charge in [0, 0.05) is 54.9 Å². The van der Waals surface area contributed by atoms with Crippen molar-refractivity contribution in [2.24, 2.45) is 17.4 Å². The second-order valence-corrected chi connectivity index (χ2v) is 16.9. The van der Waals surface area contributed by atoms with Crippen LogP contribution in [0.5, 0.6) is 5.75 Å². The molecule has 2 aromatic carbocycles. The highest BCUT2D eigenvalue weighted by Crippen LogP contribution is 2.41. The van der Waals surface area contributed by atoms with E-state index in [0.717, 1.165) is 16.5 Å². The van der Waals surface area contributed by atoms with Crippen LogP contribution in [0.4, 0.5) is 20.1 Å². The standard InChI is InChI=1S/C46H55N9O11/c1-5-29-30-20-28(13-14-34(30)51-38-31(29)22-55-36(38)21-33-32(41(55)58)24-64-42(59)46(33,63)6-2)66-45(62)54-18-16-53(17-19-54)44(61)65-23-26-9-11-27(12-10-26)50-39(56)35(8-7-15-49-43(48)60)52-40(57)37(47)25(3)4/h9-14,20-21,25,35,37,63H,5-8,15-19,22-24,47H2,1-4H3,(H,50,56)(H,52,57)(H3,48,49,60)/t35-,37-,46-/m0/s1. The molecule has 1 saturated heterocycles. The van der Waals surface area contributed by atoms with Crippen molar-refractivity contribution in [1.82, 2.24) is 30.0 Å². The number of hydrogen-bond acceptors (Lipinski definition) is 13. The Hall–Kier alpha value is -7.06. The molecule has 3 aliphatic heterocycles. The summed E-state index contributed by atoms with van der Waals surface area (Å²) in [5, 5.41) is 19.9. The first-order valence-corrected chi connectivity index (χ1v) is 22.0. The molecule has 66 heavy (non-hydrogen) atoms. The third kappa shape index (κ3) is 9.64. The highest BCUT2D eigenvalue weighted by molar-refractivity contribution is 5.98. The number of primary amides is 1. The minimum absolute atomic E-state index is 0.0399. The summed E-state index contributed by atoms with van der Waals surface area (Å²) >= 11 is 0. The number of urea groups is 1. The quantitative estimate of drug-likeness (QED) is 0.0692. The van der Waals surface area contributed by atoms with Crippen LogP contribution in [0.25, 0.3) is 22.3 Å². The first-order valence-electron chi connectivity index (χ1n) is 22.0. The molecule has 20 heteroatoms. The molecule has 2 aromatic heterocycles. The van der Waals surface area contributed by atoms with Gasteiger partial charge in [0.25, 0.3) is 5.56 Å². The van der Waals surface area contributed by atoms with E-state index in [1.165, 1.54) is 9.80 Å². The largest absolute Gasteiger partial charge is 0.458 e. The molecule has 0 aliphatic carbocycles. The molecule has 3 aliphatic rings. The normalized spacial score (nSPS) is 17.2. The van der Waals surface area contributed by atoms with E-state index in [0.29, 0.717) is 46.7 Å². The number of carbonyl (C=O) groups is 6. The number of ether oxygens (including phenoxy) is 3. The van der Waals surface area contributed by atoms with Crippen molar-refractivity contribution in [2.45, 2.75) is 90.8 Å². The van der Waals surface area contributed by atoms with Crippen LogP contribution in [0.1, 0.15) is 74.8 Å². The van der Waals surface area contributed by atoms with Gasteiger partial charge in [-0.2, -0.15) is 0 Å². The highest BCUT2D eigenvalue weighted by atomic mass is 16.6. The van der Waals surface area contributed by atoms with E-state index in [-0.39, 0.29) is 87.9 Å². The Kier molecular flexibility index (Phi) is 13.9. The smallest absolute Gasteiger partial charge is 0.415 e. The molecule has 5 heterocycles. The topological polar surface area (TPSA) is 280 Å². The van der Waals surface area contributed by atoms with Crippen LogP contribution in [-0.2, 0) is 55.6 Å². The average molecular weight is 910 g/mol. The van der Waals surface area contributed by atoms with Crippen LogP contribution in [0.2, 0.25) is 0 Å². The van der Waals surface area contributed by atoms with Gasteiger partial charge in [-0.15, -0.1) is 0 Å². The number of fused-ring (bicyclic) bond motifs is 5. The molecule has 7 rings (SSSR count). The summed E-state index contributed by atoms with van der Waals surface area (Å²) < 4.78 is 18.2. The number of nitrogens with one attached hydrogen (secondary N) is 3. The molecule has 3 atom stereocenters. The molecule has 8 N–H and O–H groups in total. The van der Waals surface area contributed by atoms with Gasteiger partial charge in [0.05, 0.1) is 35.1 Å². The first-order chi connectivity index (χ1) is 31.5. The van der Waals surface area contributed by atoms with E-state index in [1.807, 2.05) is 6.92 Å². The Bertz CT molecular complexity index is 2630. The zero-order chi connectivity index (χ0) is 47.4. The van der Waals surface area contributed by atoms with Crippen molar-refractivity contribution in [1.29, 1.82) is 0 Å². The summed E-state index contributed by atoms with van der Waals surface area (Å²) in [6, 6.07) is 11.0. The maximum absolute atomic E-state index is 13.7. The first kappa shape index (κ1) is 46.9. The SMILES string of the molecule is CCc1c2c(nc3ccc(OC(=O)N4CCN(C(=O)OCc5ccc(NC(=O)[C@H](CCCNC(N)=O)NC(=O)[C@@H](N)C(C)C)cc5)CC4)cc13)-c1cc3c(c(=O)n1C2)COC(=O)[C@]3(O)CC. The Labute approximate surface area is 379 Å². The number of rotatable bonds is 14. The number of nitrogens with two attached hydrogens (primary N) is 2. The number of hydrogen-bond donors (Lipinski definition) is 6. The molecular weight excluding hydrogens is 855 g/mol. The third-order valence-corrected chi connectivity index (χ3v) is 12.3. The van der Waals surface area contributed by atoms with E-state index >= 15 is 0 Å². The van der Waals surface area contributed by atoms with Crippen LogP contribution >= 0.6 is 0 Å². The number of piperazine rings is 1. The number of esters is 1. The molecule has 350 valence electrons. The fourth-order valence-electron chi connectivity index (χ4n) is 8.35. The lowest BCUT2D eigenvalue weighted by atomic mass is 9.86. The molecule has 0 saturated carbocycles. The van der Waals surface area contributed by atoms with Crippen molar-refractivity contribution >= 4 is 52.6 Å². The molecule has 0 spiro atoms. The van der Waals surface area contributed by atoms with Crippen LogP contribution < -0.4 is 37.7 Å². The van der Waals surface area contributed by atoms with Gasteiger partial charge >= 0.3 is 24.2 Å². The van der Waals surface area contributed by atoms with E-state index in [4.69, 9.17) is 30.7 Å². The second-order valence-electron chi connectivity index (χ2n) is 16.9. The maximum atomic E-state index is 13.7. The Morgan fingerprint density at radius 3 is 2.29 bits per heavy atom. The maximum Gasteiger partial charge on any atom is 0.415 e. The molecule has 0 bridgehead atoms. The third-order valence-electron chi connectivity index (χ3n) is 12.3. The second kappa shape index (κ2) is 19.6. The lowest BCUT2D eigenvalue weighted by molar-refractivity contribution is -0.172. The number of benzene rings is 2. The van der Waals surface area contributed by atoms with E-state index in [2.05, 4.69) is 16.0 Å². The van der Waals surface area contributed by atoms with Gasteiger partial charge in [-0.3, -0.25) is 14.4 Å². The van der Waals surface area contributed by atoms with Crippen molar-refractivity contribution in [2.75, 3.05) is 38.0 Å². The summed E-state index contributed by atoms with van der Waals surface area (Å²) in [4.78, 5) is 97.5. The van der Waals surface area contributed by atoms with Crippen LogP contribution in [-0.4, -0.2) is 105 Å². The van der Waals surface area contributed by atoms with Gasteiger partial charge in [-0.25, -0.2) is 24.2 Å². The summed E-state index contributed by atoms with van der Waals surface area (Å²) in [6.07, 6.45) is 0.0743. The minimum atomic E-state index is -1.93. The zero-order valence-corrected chi connectivity index (χ0v) is 37.3. The molecule has 4 aromatic rings. The molecule has 0 radical (unpaired) electrons. The Morgan fingerprint density at radius 2 is 1.64 bits per heavy atom. The number of amides is 6. The van der Waals surface area contributed by atoms with E-state index in [1.54, 1.807) is 73.9 Å². The number of aryl methyl sites for hydroxylation is 1. The molecule has 6 amide bonds. The van der Waals surface area contributed by atoms with Crippen molar-refractivity contribution in [3.8, 4) is 17.1 Å². The monoisotopic (exact) mass is 909 g/mol. The summed E-state index contributed by atoms with van der Waals surface area (Å²) in [6.45, 7) is 8.27. The number of nitrogens with zero attached hydrogens (tertiary/aromatic N) is 4. The molecular formula is C46H55N9O11. The van der Waals surface area contributed by atoms with Crippen LogP contribution in [0.3, 0.4) is 0 Å². The molecule has 1 fully saturated rings. The fourth-order valence-corrected chi connectivity index (χ4v) is 8.35. The molecule has 20 nitrogen and oxygen atoms in total. The van der Waals surface area contributed by atoms with Crippen LogP contribution in [0, 0.1) is 5.92 Å². The predicted octanol–water partition coefficient (Wildman–Crippen LogP) is 2.95. The van der Waals surface area contributed by atoms with Crippen molar-refractivity contribution in [3.05, 3.63) is 86.7 Å². The number of cyclic esters (lactones) is 1. The van der Waals surface area contributed by atoms with Gasteiger partial charge in [0.1, 0.15) is 25.0 Å². The minimum Gasteiger partial charge on any atom is -0.458 e. The van der Waals surface area contributed by atoms with Gasteiger partial charge in [0.2, 0.25) is 11.8 Å². The number of pyridine rings is 2. The summed E-state index contributed by atoms with van der Waals surface area (Å²) in [5.74, 6) is -1.58. The van der Waals surface area contributed by atoms with Gasteiger partial charge in [0.15, 0.2) is 5.60 Å². The van der Waals surface area contributed by atoms with Crippen molar-refractivity contribution < 1.29 is 48.1 Å². The van der Waals surface area contributed by atoms with Gasteiger partial charge < -0.3 is 61.1 Å². The van der Waals surface area contributed by atoms with Gasteiger partial charge in [-0.05, 0) is 79.1 Å². The zero-order valence-electron chi connectivity index (χ0n) is 37.3.